The largest absolute Gasteiger partial charge is 0.480 e. The van der Waals surface area contributed by atoms with Gasteiger partial charge in [-0.15, -0.1) is 0 Å². The van der Waals surface area contributed by atoms with E-state index in [2.05, 4.69) is 21.3 Å². The van der Waals surface area contributed by atoms with E-state index in [1.165, 1.54) is 11.8 Å². The molecule has 0 saturated carbocycles. The zero-order chi connectivity index (χ0) is 29.8. The molecule has 220 valence electrons. The summed E-state index contributed by atoms with van der Waals surface area (Å²) in [4.78, 5) is 75.8. The highest BCUT2D eigenvalue weighted by Crippen LogP contribution is 2.18. The number of aliphatic carboxylic acids is 1. The second-order valence-electron chi connectivity index (χ2n) is 10.3. The van der Waals surface area contributed by atoms with Crippen LogP contribution in [-0.2, 0) is 35.2 Å². The van der Waals surface area contributed by atoms with Crippen LogP contribution in [-0.4, -0.2) is 89.3 Å². The second-order valence-corrected chi connectivity index (χ2v) is 10.3. The minimum atomic E-state index is -1.23. The first-order valence-electron chi connectivity index (χ1n) is 13.4. The molecule has 4 atom stereocenters. The van der Waals surface area contributed by atoms with E-state index in [0.29, 0.717) is 25.8 Å². The summed E-state index contributed by atoms with van der Waals surface area (Å²) in [5.41, 5.74) is 6.63. The Morgan fingerprint density at radius 1 is 0.950 bits per heavy atom. The fraction of sp³-hybridized carbons (Fsp3) is 0.556. The van der Waals surface area contributed by atoms with Gasteiger partial charge in [-0.3, -0.25) is 28.8 Å². The van der Waals surface area contributed by atoms with Crippen LogP contribution >= 0.6 is 0 Å². The molecule has 1 aromatic rings. The normalized spacial score (nSPS) is 16.9. The van der Waals surface area contributed by atoms with Gasteiger partial charge in [0, 0.05) is 13.0 Å². The van der Waals surface area contributed by atoms with E-state index < -0.39 is 66.2 Å². The molecule has 1 aliphatic rings. The molecule has 13 heteroatoms. The van der Waals surface area contributed by atoms with E-state index >= 15 is 0 Å². The summed E-state index contributed by atoms with van der Waals surface area (Å²) < 4.78 is 0. The average Bonchev–Trinajstić information content (AvgIpc) is 3.40. The van der Waals surface area contributed by atoms with Crippen molar-refractivity contribution < 1.29 is 33.9 Å². The molecular formula is C27H40N6O7. The summed E-state index contributed by atoms with van der Waals surface area (Å²) in [5.74, 6) is -3.76. The zero-order valence-corrected chi connectivity index (χ0v) is 23.1. The minimum absolute atomic E-state index is 0.117. The molecule has 7 N–H and O–H groups in total. The second kappa shape index (κ2) is 15.6. The molecule has 0 aliphatic carbocycles. The lowest BCUT2D eigenvalue weighted by molar-refractivity contribution is -0.140. The summed E-state index contributed by atoms with van der Waals surface area (Å²) in [6, 6.07) is 5.24. The van der Waals surface area contributed by atoms with E-state index in [4.69, 9.17) is 10.8 Å². The molecule has 0 unspecified atom stereocenters. The number of nitrogens with one attached hydrogen (secondary N) is 4. The SMILES string of the molecule is CC(C)C[C@H](N)C(=O)NCC(=O)N1CCC[C@H]1C(=O)N[C@@H](Cc1ccccc1)C(=O)N[C@@H](C)C(=O)NCC(=O)O. The predicted molar refractivity (Wildman–Crippen MR) is 146 cm³/mol. The molecule has 1 fully saturated rings. The van der Waals surface area contributed by atoms with Gasteiger partial charge in [0.25, 0.3) is 0 Å². The van der Waals surface area contributed by atoms with Crippen LogP contribution in [0.3, 0.4) is 0 Å². The third-order valence-electron chi connectivity index (χ3n) is 6.43. The fourth-order valence-corrected chi connectivity index (χ4v) is 4.37. The Kier molecular flexibility index (Phi) is 12.5. The molecule has 5 amide bonds. The van der Waals surface area contributed by atoms with Gasteiger partial charge in [-0.2, -0.15) is 0 Å². The van der Waals surface area contributed by atoms with Crippen molar-refractivity contribution in [3.05, 3.63) is 35.9 Å². The summed E-state index contributed by atoms with van der Waals surface area (Å²) in [5, 5.41) is 18.7. The molecule has 40 heavy (non-hydrogen) atoms. The van der Waals surface area contributed by atoms with Gasteiger partial charge in [-0.25, -0.2) is 0 Å². The van der Waals surface area contributed by atoms with Crippen LogP contribution in [0.5, 0.6) is 0 Å². The number of carbonyl (C=O) groups excluding carboxylic acids is 5. The van der Waals surface area contributed by atoms with E-state index in [-0.39, 0.29) is 18.9 Å². The number of hydrogen-bond donors (Lipinski definition) is 6. The topological polar surface area (TPSA) is 200 Å². The van der Waals surface area contributed by atoms with Gasteiger partial charge in [-0.05, 0) is 37.7 Å². The molecule has 1 aliphatic heterocycles. The first kappa shape index (κ1) is 32.2. The smallest absolute Gasteiger partial charge is 0.322 e. The van der Waals surface area contributed by atoms with E-state index in [0.717, 1.165) is 5.56 Å². The first-order valence-corrected chi connectivity index (χ1v) is 13.4. The molecule has 0 bridgehead atoms. The molecule has 0 spiro atoms. The monoisotopic (exact) mass is 560 g/mol. The molecular weight excluding hydrogens is 520 g/mol. The van der Waals surface area contributed by atoms with Crippen molar-refractivity contribution in [3.8, 4) is 0 Å². The van der Waals surface area contributed by atoms with Crippen LogP contribution in [0.25, 0.3) is 0 Å². The summed E-state index contributed by atoms with van der Waals surface area (Å²) >= 11 is 0. The lowest BCUT2D eigenvalue weighted by Gasteiger charge is -2.27. The summed E-state index contributed by atoms with van der Waals surface area (Å²) in [7, 11) is 0. The Labute approximate surface area is 233 Å². The zero-order valence-electron chi connectivity index (χ0n) is 23.1. The number of hydrogen-bond acceptors (Lipinski definition) is 7. The molecule has 1 heterocycles. The summed E-state index contributed by atoms with van der Waals surface area (Å²) in [6.45, 7) is 4.69. The quantitative estimate of drug-likeness (QED) is 0.165. The Balaban J connectivity index is 2.06. The maximum absolute atomic E-state index is 13.3. The number of benzene rings is 1. The lowest BCUT2D eigenvalue weighted by atomic mass is 10.0. The van der Waals surface area contributed by atoms with Crippen molar-refractivity contribution in [3.63, 3.8) is 0 Å². The van der Waals surface area contributed by atoms with Gasteiger partial charge < -0.3 is 37.0 Å². The van der Waals surface area contributed by atoms with E-state index in [9.17, 15) is 28.8 Å². The number of nitrogens with zero attached hydrogens (tertiary/aromatic N) is 1. The maximum atomic E-state index is 13.3. The molecule has 0 radical (unpaired) electrons. The van der Waals surface area contributed by atoms with Crippen molar-refractivity contribution in [1.29, 1.82) is 0 Å². The van der Waals surface area contributed by atoms with Crippen LogP contribution < -0.4 is 27.0 Å². The van der Waals surface area contributed by atoms with Gasteiger partial charge >= 0.3 is 5.97 Å². The van der Waals surface area contributed by atoms with Crippen molar-refractivity contribution in [2.45, 2.75) is 70.6 Å². The highest BCUT2D eigenvalue weighted by atomic mass is 16.4. The standard InChI is InChI=1S/C27H40N6O7/c1-16(2)12-19(28)25(38)29-14-22(34)33-11-7-10-21(33)27(40)32-20(13-18-8-5-4-6-9-18)26(39)31-17(3)24(37)30-15-23(35)36/h4-6,8-9,16-17,19-21H,7,10-15,28H2,1-3H3,(H,29,38)(H,30,37)(H,31,39)(H,32,40)(H,35,36)/t17-,19-,20-,21-/m0/s1. The third-order valence-corrected chi connectivity index (χ3v) is 6.43. The summed E-state index contributed by atoms with van der Waals surface area (Å²) in [6.07, 6.45) is 1.54. The number of carboxylic acids is 1. The number of likely N-dealkylation sites (tertiary alicyclic amines) is 1. The minimum Gasteiger partial charge on any atom is -0.480 e. The van der Waals surface area contributed by atoms with Crippen LogP contribution in [0, 0.1) is 5.92 Å². The maximum Gasteiger partial charge on any atom is 0.322 e. The number of rotatable bonds is 14. The van der Waals surface area contributed by atoms with Crippen molar-refractivity contribution in [2.24, 2.45) is 11.7 Å². The van der Waals surface area contributed by atoms with Crippen LogP contribution in [0.2, 0.25) is 0 Å². The highest BCUT2D eigenvalue weighted by Gasteiger charge is 2.36. The third kappa shape index (κ3) is 10.3. The van der Waals surface area contributed by atoms with Gasteiger partial charge in [0.1, 0.15) is 24.7 Å². The Morgan fingerprint density at radius 3 is 2.23 bits per heavy atom. The van der Waals surface area contributed by atoms with E-state index in [1.807, 2.05) is 19.9 Å². The van der Waals surface area contributed by atoms with Gasteiger partial charge in [-0.1, -0.05) is 44.2 Å². The van der Waals surface area contributed by atoms with Crippen molar-refractivity contribution in [1.82, 2.24) is 26.2 Å². The number of carboxylic acid groups (broad SMARTS) is 1. The molecule has 13 nitrogen and oxygen atoms in total. The molecule has 1 saturated heterocycles. The van der Waals surface area contributed by atoms with Crippen LogP contribution in [0.1, 0.15) is 45.6 Å². The highest BCUT2D eigenvalue weighted by molar-refractivity contribution is 5.95. The van der Waals surface area contributed by atoms with Crippen molar-refractivity contribution >= 4 is 35.5 Å². The number of nitrogens with two attached hydrogens (primary N) is 1. The number of carbonyl (C=O) groups is 6. The molecule has 0 aromatic heterocycles. The Morgan fingerprint density at radius 2 is 1.60 bits per heavy atom. The Bertz CT molecular complexity index is 1060. The van der Waals surface area contributed by atoms with E-state index in [1.54, 1.807) is 24.3 Å². The number of amides is 5. The fourth-order valence-electron chi connectivity index (χ4n) is 4.37. The predicted octanol–water partition coefficient (Wildman–Crippen LogP) is -1.10. The van der Waals surface area contributed by atoms with Crippen LogP contribution in [0.15, 0.2) is 30.3 Å². The van der Waals surface area contributed by atoms with Gasteiger partial charge in [0.05, 0.1) is 12.6 Å². The lowest BCUT2D eigenvalue weighted by Crippen LogP contribution is -2.57. The molecule has 1 aromatic carbocycles. The van der Waals surface area contributed by atoms with Crippen LogP contribution in [0.4, 0.5) is 0 Å². The average molecular weight is 561 g/mol. The molecule has 2 rings (SSSR count). The first-order chi connectivity index (χ1) is 18.9. The Hall–Kier alpha value is -4.00. The van der Waals surface area contributed by atoms with Gasteiger partial charge in [0.2, 0.25) is 29.5 Å². The van der Waals surface area contributed by atoms with Crippen molar-refractivity contribution in [2.75, 3.05) is 19.6 Å². The van der Waals surface area contributed by atoms with Gasteiger partial charge in [0.15, 0.2) is 0 Å².